The number of hydrogen-bond acceptors (Lipinski definition) is 3. The zero-order valence-corrected chi connectivity index (χ0v) is 7.82. The molecule has 2 rings (SSSR count). The molecular formula is C11H10O3. The van der Waals surface area contributed by atoms with Gasteiger partial charge in [-0.1, -0.05) is 18.2 Å². The molecule has 0 saturated heterocycles. The quantitative estimate of drug-likeness (QED) is 0.679. The first-order chi connectivity index (χ1) is 6.81. The molecule has 2 aromatic rings. The predicted octanol–water partition coefficient (Wildman–Crippen LogP) is 1.94. The molecule has 3 heteroatoms. The summed E-state index contributed by atoms with van der Waals surface area (Å²) in [4.78, 5) is 11.2. The highest BCUT2D eigenvalue weighted by molar-refractivity contribution is 5.79. The fraction of sp³-hybridized carbons (Fsp3) is 0.182. The number of rotatable bonds is 2. The summed E-state index contributed by atoms with van der Waals surface area (Å²) in [5.41, 5.74) is 1.13. The predicted molar refractivity (Wildman–Crippen MR) is 53.2 cm³/mol. The number of ether oxygens (including phenoxy) is 1. The third kappa shape index (κ3) is 1.54. The molecule has 0 saturated carbocycles. The third-order valence-corrected chi connectivity index (χ3v) is 2.04. The summed E-state index contributed by atoms with van der Waals surface area (Å²) in [6, 6.07) is 8.89. The van der Waals surface area contributed by atoms with Crippen LogP contribution >= 0.6 is 0 Å². The van der Waals surface area contributed by atoms with Crippen molar-refractivity contribution in [3.05, 3.63) is 46.3 Å². The average Bonchev–Trinajstić information content (AvgIpc) is 2.18. The summed E-state index contributed by atoms with van der Waals surface area (Å²) < 4.78 is 10.0. The van der Waals surface area contributed by atoms with Crippen LogP contribution < -0.4 is 5.63 Å². The van der Waals surface area contributed by atoms with E-state index in [4.69, 9.17) is 9.15 Å². The minimum absolute atomic E-state index is 0.337. The van der Waals surface area contributed by atoms with Crippen LogP contribution in [-0.2, 0) is 11.3 Å². The Labute approximate surface area is 80.9 Å². The first-order valence-corrected chi connectivity index (χ1v) is 4.32. The number of benzene rings is 1. The first-order valence-electron chi connectivity index (χ1n) is 4.32. The van der Waals surface area contributed by atoms with Gasteiger partial charge >= 0.3 is 5.63 Å². The van der Waals surface area contributed by atoms with Crippen LogP contribution in [0.4, 0.5) is 0 Å². The zero-order valence-electron chi connectivity index (χ0n) is 7.82. The van der Waals surface area contributed by atoms with Gasteiger partial charge in [-0.15, -0.1) is 0 Å². The second kappa shape index (κ2) is 3.64. The van der Waals surface area contributed by atoms with Gasteiger partial charge in [0.25, 0.3) is 0 Å². The van der Waals surface area contributed by atoms with E-state index < -0.39 is 0 Å². The van der Waals surface area contributed by atoms with Crippen molar-refractivity contribution in [3.63, 3.8) is 0 Å². The van der Waals surface area contributed by atoms with E-state index in [0.29, 0.717) is 12.2 Å². The summed E-state index contributed by atoms with van der Waals surface area (Å²) in [6.07, 6.45) is 0. The summed E-state index contributed by atoms with van der Waals surface area (Å²) in [7, 11) is 1.60. The standard InChI is InChI=1S/C11H10O3/c1-13-7-8-6-11(12)14-10-5-3-2-4-9(8)10/h2-6H,7H2,1H3. The van der Waals surface area contributed by atoms with Gasteiger partial charge in [0.05, 0.1) is 6.61 Å². The third-order valence-electron chi connectivity index (χ3n) is 2.04. The maximum atomic E-state index is 11.2. The molecule has 0 atom stereocenters. The zero-order chi connectivity index (χ0) is 9.97. The molecule has 0 bridgehead atoms. The lowest BCUT2D eigenvalue weighted by Gasteiger charge is -2.02. The second-order valence-electron chi connectivity index (χ2n) is 3.02. The number of para-hydroxylation sites is 1. The molecule has 3 nitrogen and oxygen atoms in total. The Morgan fingerprint density at radius 1 is 1.36 bits per heavy atom. The van der Waals surface area contributed by atoms with Crippen molar-refractivity contribution >= 4 is 11.0 Å². The van der Waals surface area contributed by atoms with E-state index >= 15 is 0 Å². The molecule has 0 radical (unpaired) electrons. The van der Waals surface area contributed by atoms with Crippen LogP contribution in [0.1, 0.15) is 5.56 Å². The van der Waals surface area contributed by atoms with E-state index in [1.54, 1.807) is 13.2 Å². The van der Waals surface area contributed by atoms with Gasteiger partial charge in [0, 0.05) is 18.6 Å². The minimum atomic E-state index is -0.337. The molecular weight excluding hydrogens is 180 g/mol. The maximum absolute atomic E-state index is 11.2. The lowest BCUT2D eigenvalue weighted by atomic mass is 10.1. The van der Waals surface area contributed by atoms with E-state index in [1.165, 1.54) is 6.07 Å². The Hall–Kier alpha value is -1.61. The van der Waals surface area contributed by atoms with E-state index in [1.807, 2.05) is 18.2 Å². The van der Waals surface area contributed by atoms with Gasteiger partial charge < -0.3 is 9.15 Å². The molecule has 1 aromatic heterocycles. The van der Waals surface area contributed by atoms with Crippen LogP contribution in [0.15, 0.2) is 39.5 Å². The number of hydrogen-bond donors (Lipinski definition) is 0. The van der Waals surface area contributed by atoms with Crippen molar-refractivity contribution in [3.8, 4) is 0 Å². The Balaban J connectivity index is 2.73. The lowest BCUT2D eigenvalue weighted by molar-refractivity contribution is 0.185. The van der Waals surface area contributed by atoms with Crippen molar-refractivity contribution in [2.45, 2.75) is 6.61 Å². The number of fused-ring (bicyclic) bond motifs is 1. The molecule has 0 fully saturated rings. The molecule has 72 valence electrons. The summed E-state index contributed by atoms with van der Waals surface area (Å²) in [5.74, 6) is 0. The molecule has 14 heavy (non-hydrogen) atoms. The van der Waals surface area contributed by atoms with Gasteiger partial charge in [-0.3, -0.25) is 0 Å². The first kappa shape index (κ1) is 8.97. The smallest absolute Gasteiger partial charge is 0.336 e. The Bertz CT molecular complexity index is 499. The van der Waals surface area contributed by atoms with Gasteiger partial charge in [0.2, 0.25) is 0 Å². The van der Waals surface area contributed by atoms with Gasteiger partial charge in [0.15, 0.2) is 0 Å². The molecule has 0 aliphatic carbocycles. The van der Waals surface area contributed by atoms with Crippen LogP contribution in [0.25, 0.3) is 11.0 Å². The second-order valence-corrected chi connectivity index (χ2v) is 3.02. The summed E-state index contributed by atoms with van der Waals surface area (Å²) in [5, 5.41) is 0.925. The molecule has 1 aromatic carbocycles. The van der Waals surface area contributed by atoms with Crippen LogP contribution in [0.3, 0.4) is 0 Å². The fourth-order valence-corrected chi connectivity index (χ4v) is 1.45. The van der Waals surface area contributed by atoms with Gasteiger partial charge in [0.1, 0.15) is 5.58 Å². The molecule has 0 amide bonds. The molecule has 0 spiro atoms. The topological polar surface area (TPSA) is 39.4 Å². The minimum Gasteiger partial charge on any atom is -0.423 e. The monoisotopic (exact) mass is 190 g/mol. The van der Waals surface area contributed by atoms with Crippen molar-refractivity contribution < 1.29 is 9.15 Å². The molecule has 0 N–H and O–H groups in total. The molecule has 0 aliphatic rings. The van der Waals surface area contributed by atoms with Crippen molar-refractivity contribution in [2.75, 3.05) is 7.11 Å². The Morgan fingerprint density at radius 3 is 2.93 bits per heavy atom. The molecule has 1 heterocycles. The molecule has 0 unspecified atom stereocenters. The highest BCUT2D eigenvalue weighted by atomic mass is 16.5. The summed E-state index contributed by atoms with van der Waals surface area (Å²) >= 11 is 0. The SMILES string of the molecule is COCc1cc(=O)oc2ccccc12. The molecule has 0 aliphatic heterocycles. The van der Waals surface area contributed by atoms with Crippen LogP contribution in [0.5, 0.6) is 0 Å². The van der Waals surface area contributed by atoms with E-state index in [-0.39, 0.29) is 5.63 Å². The van der Waals surface area contributed by atoms with E-state index in [9.17, 15) is 4.79 Å². The van der Waals surface area contributed by atoms with Crippen LogP contribution in [-0.4, -0.2) is 7.11 Å². The average molecular weight is 190 g/mol. The van der Waals surface area contributed by atoms with Crippen molar-refractivity contribution in [2.24, 2.45) is 0 Å². The van der Waals surface area contributed by atoms with E-state index in [0.717, 1.165) is 10.9 Å². The van der Waals surface area contributed by atoms with Crippen LogP contribution in [0, 0.1) is 0 Å². The van der Waals surface area contributed by atoms with Gasteiger partial charge in [-0.25, -0.2) is 4.79 Å². The number of methoxy groups -OCH3 is 1. The van der Waals surface area contributed by atoms with Gasteiger partial charge in [-0.05, 0) is 11.6 Å². The largest absolute Gasteiger partial charge is 0.423 e. The highest BCUT2D eigenvalue weighted by Crippen LogP contribution is 2.16. The maximum Gasteiger partial charge on any atom is 0.336 e. The highest BCUT2D eigenvalue weighted by Gasteiger charge is 2.03. The lowest BCUT2D eigenvalue weighted by Crippen LogP contribution is -2.01. The van der Waals surface area contributed by atoms with Gasteiger partial charge in [-0.2, -0.15) is 0 Å². The normalized spacial score (nSPS) is 10.6. The van der Waals surface area contributed by atoms with Crippen LogP contribution in [0.2, 0.25) is 0 Å². The van der Waals surface area contributed by atoms with Crippen molar-refractivity contribution in [1.82, 2.24) is 0 Å². The van der Waals surface area contributed by atoms with Crippen molar-refractivity contribution in [1.29, 1.82) is 0 Å². The Kier molecular flexibility index (Phi) is 2.33. The summed E-state index contributed by atoms with van der Waals surface area (Å²) in [6.45, 7) is 0.423. The van der Waals surface area contributed by atoms with E-state index in [2.05, 4.69) is 0 Å². The fourth-order valence-electron chi connectivity index (χ4n) is 1.45. The Morgan fingerprint density at radius 2 is 2.14 bits per heavy atom.